The molecule has 0 aromatic carbocycles. The molecule has 0 radical (unpaired) electrons. The molecule has 0 aliphatic carbocycles. The van der Waals surface area contributed by atoms with Crippen molar-refractivity contribution in [3.05, 3.63) is 28.5 Å². The Bertz CT molecular complexity index is 311. The lowest BCUT2D eigenvalue weighted by Gasteiger charge is -2.22. The van der Waals surface area contributed by atoms with Gasteiger partial charge in [-0.2, -0.15) is 0 Å². The zero-order valence-electron chi connectivity index (χ0n) is 10.3. The normalized spacial score (nSPS) is 13.1. The van der Waals surface area contributed by atoms with Gasteiger partial charge >= 0.3 is 0 Å². The summed E-state index contributed by atoms with van der Waals surface area (Å²) in [4.78, 5) is 4.16. The molecule has 1 aromatic rings. The van der Waals surface area contributed by atoms with E-state index in [1.165, 1.54) is 18.4 Å². The number of pyridine rings is 1. The first-order valence-electron chi connectivity index (χ1n) is 6.00. The summed E-state index contributed by atoms with van der Waals surface area (Å²) in [5.41, 5.74) is 1.23. The average molecular weight is 285 g/mol. The van der Waals surface area contributed by atoms with Gasteiger partial charge in [0, 0.05) is 29.5 Å². The second kappa shape index (κ2) is 7.02. The Morgan fingerprint density at radius 3 is 2.56 bits per heavy atom. The van der Waals surface area contributed by atoms with Gasteiger partial charge in [-0.25, -0.2) is 0 Å². The lowest BCUT2D eigenvalue weighted by atomic mass is 9.95. The highest BCUT2D eigenvalue weighted by Crippen LogP contribution is 2.14. The summed E-state index contributed by atoms with van der Waals surface area (Å²) in [5, 5.41) is 3.57. The minimum atomic E-state index is 0.564. The molecule has 0 saturated heterocycles. The second-order valence-corrected chi connectivity index (χ2v) is 5.17. The minimum absolute atomic E-state index is 0.564. The van der Waals surface area contributed by atoms with Crippen molar-refractivity contribution in [2.45, 2.75) is 46.2 Å². The third-order valence-corrected chi connectivity index (χ3v) is 3.58. The van der Waals surface area contributed by atoms with Gasteiger partial charge in [0.25, 0.3) is 0 Å². The molecule has 90 valence electrons. The van der Waals surface area contributed by atoms with Crippen molar-refractivity contribution in [1.29, 1.82) is 0 Å². The van der Waals surface area contributed by atoms with Crippen molar-refractivity contribution in [3.8, 4) is 0 Å². The fourth-order valence-electron chi connectivity index (χ4n) is 1.99. The molecule has 1 heterocycles. The first kappa shape index (κ1) is 13.7. The molecular formula is C13H21BrN2. The first-order chi connectivity index (χ1) is 7.67. The van der Waals surface area contributed by atoms with E-state index in [1.807, 2.05) is 12.4 Å². The van der Waals surface area contributed by atoms with Crippen LogP contribution in [0.5, 0.6) is 0 Å². The molecule has 0 aliphatic rings. The number of rotatable bonds is 6. The summed E-state index contributed by atoms with van der Waals surface area (Å²) in [7, 11) is 0. The van der Waals surface area contributed by atoms with E-state index in [9.17, 15) is 0 Å². The van der Waals surface area contributed by atoms with Crippen LogP contribution in [0.2, 0.25) is 0 Å². The van der Waals surface area contributed by atoms with E-state index in [0.717, 1.165) is 16.9 Å². The Morgan fingerprint density at radius 1 is 1.31 bits per heavy atom. The number of hydrogen-bond donors (Lipinski definition) is 1. The number of aromatic nitrogens is 1. The Labute approximate surface area is 107 Å². The number of hydrogen-bond acceptors (Lipinski definition) is 2. The SMILES string of the molecule is CCC(CC)C(C)NCc1cncc(Br)c1. The van der Waals surface area contributed by atoms with Gasteiger partial charge in [-0.05, 0) is 40.4 Å². The number of nitrogens with one attached hydrogen (secondary N) is 1. The quantitative estimate of drug-likeness (QED) is 0.861. The zero-order valence-corrected chi connectivity index (χ0v) is 11.9. The highest BCUT2D eigenvalue weighted by molar-refractivity contribution is 9.10. The van der Waals surface area contributed by atoms with Gasteiger partial charge in [-0.1, -0.05) is 26.7 Å². The summed E-state index contributed by atoms with van der Waals surface area (Å²) < 4.78 is 1.04. The molecule has 16 heavy (non-hydrogen) atoms. The van der Waals surface area contributed by atoms with E-state index in [-0.39, 0.29) is 0 Å². The molecule has 1 N–H and O–H groups in total. The van der Waals surface area contributed by atoms with Crippen LogP contribution in [0.4, 0.5) is 0 Å². The van der Waals surface area contributed by atoms with Crippen molar-refractivity contribution >= 4 is 15.9 Å². The smallest absolute Gasteiger partial charge is 0.0410 e. The molecule has 0 aliphatic heterocycles. The summed E-state index contributed by atoms with van der Waals surface area (Å²) in [6, 6.07) is 2.67. The zero-order chi connectivity index (χ0) is 12.0. The Balaban J connectivity index is 2.45. The van der Waals surface area contributed by atoms with Crippen LogP contribution in [0.1, 0.15) is 39.2 Å². The standard InChI is InChI=1S/C13H21BrN2/c1-4-12(5-2)10(3)16-8-11-6-13(14)9-15-7-11/h6-7,9-10,12,16H,4-5,8H2,1-3H3. The molecule has 0 spiro atoms. The van der Waals surface area contributed by atoms with Crippen LogP contribution in [0.25, 0.3) is 0 Å². The fraction of sp³-hybridized carbons (Fsp3) is 0.615. The van der Waals surface area contributed by atoms with E-state index in [1.54, 1.807) is 0 Å². The van der Waals surface area contributed by atoms with E-state index in [4.69, 9.17) is 0 Å². The molecule has 3 heteroatoms. The third-order valence-electron chi connectivity index (χ3n) is 3.15. The van der Waals surface area contributed by atoms with E-state index < -0.39 is 0 Å². The molecule has 1 unspecified atom stereocenters. The summed E-state index contributed by atoms with van der Waals surface area (Å²) >= 11 is 3.44. The van der Waals surface area contributed by atoms with Crippen molar-refractivity contribution < 1.29 is 0 Å². The monoisotopic (exact) mass is 284 g/mol. The largest absolute Gasteiger partial charge is 0.310 e. The van der Waals surface area contributed by atoms with E-state index >= 15 is 0 Å². The minimum Gasteiger partial charge on any atom is -0.310 e. The molecule has 2 nitrogen and oxygen atoms in total. The van der Waals surface area contributed by atoms with Gasteiger partial charge in [-0.3, -0.25) is 4.98 Å². The molecule has 1 atom stereocenters. The molecule has 0 bridgehead atoms. The highest BCUT2D eigenvalue weighted by atomic mass is 79.9. The topological polar surface area (TPSA) is 24.9 Å². The number of nitrogens with zero attached hydrogens (tertiary/aromatic N) is 1. The van der Waals surface area contributed by atoms with Crippen molar-refractivity contribution in [2.75, 3.05) is 0 Å². The maximum atomic E-state index is 4.16. The van der Waals surface area contributed by atoms with Crippen LogP contribution in [0.15, 0.2) is 22.9 Å². The average Bonchev–Trinajstić information content (AvgIpc) is 2.28. The van der Waals surface area contributed by atoms with Crippen LogP contribution in [-0.2, 0) is 6.54 Å². The van der Waals surface area contributed by atoms with E-state index in [2.05, 4.69) is 53.1 Å². The molecular weight excluding hydrogens is 264 g/mol. The second-order valence-electron chi connectivity index (χ2n) is 4.26. The molecule has 0 fully saturated rings. The molecule has 0 saturated carbocycles. The van der Waals surface area contributed by atoms with Crippen LogP contribution in [0.3, 0.4) is 0 Å². The van der Waals surface area contributed by atoms with Crippen LogP contribution < -0.4 is 5.32 Å². The Hall–Kier alpha value is -0.410. The predicted octanol–water partition coefficient (Wildman–Crippen LogP) is 3.76. The van der Waals surface area contributed by atoms with Gasteiger partial charge in [0.05, 0.1) is 0 Å². The van der Waals surface area contributed by atoms with Gasteiger partial charge < -0.3 is 5.32 Å². The van der Waals surface area contributed by atoms with Gasteiger partial charge in [0.15, 0.2) is 0 Å². The van der Waals surface area contributed by atoms with Gasteiger partial charge in [0.1, 0.15) is 0 Å². The van der Waals surface area contributed by atoms with E-state index in [0.29, 0.717) is 6.04 Å². The first-order valence-corrected chi connectivity index (χ1v) is 6.79. The van der Waals surface area contributed by atoms with Crippen molar-refractivity contribution in [1.82, 2.24) is 10.3 Å². The maximum Gasteiger partial charge on any atom is 0.0410 e. The molecule has 0 amide bonds. The molecule has 1 rings (SSSR count). The van der Waals surface area contributed by atoms with Crippen LogP contribution in [0, 0.1) is 5.92 Å². The predicted molar refractivity (Wildman–Crippen MR) is 72.3 cm³/mol. The van der Waals surface area contributed by atoms with Gasteiger partial charge in [0.2, 0.25) is 0 Å². The summed E-state index contributed by atoms with van der Waals surface area (Å²) in [6.45, 7) is 7.67. The summed E-state index contributed by atoms with van der Waals surface area (Å²) in [6.07, 6.45) is 6.20. The van der Waals surface area contributed by atoms with Gasteiger partial charge in [-0.15, -0.1) is 0 Å². The molecule has 1 aromatic heterocycles. The lowest BCUT2D eigenvalue weighted by molar-refractivity contribution is 0.353. The fourth-order valence-corrected chi connectivity index (χ4v) is 2.41. The number of halogens is 1. The maximum absolute atomic E-state index is 4.16. The Morgan fingerprint density at radius 2 is 2.00 bits per heavy atom. The van der Waals surface area contributed by atoms with Crippen LogP contribution in [-0.4, -0.2) is 11.0 Å². The highest BCUT2D eigenvalue weighted by Gasteiger charge is 2.12. The third kappa shape index (κ3) is 4.22. The van der Waals surface area contributed by atoms with Crippen LogP contribution >= 0.6 is 15.9 Å². The lowest BCUT2D eigenvalue weighted by Crippen LogP contribution is -2.32. The Kier molecular flexibility index (Phi) is 5.99. The van der Waals surface area contributed by atoms with Crippen molar-refractivity contribution in [3.63, 3.8) is 0 Å². The van der Waals surface area contributed by atoms with Crippen molar-refractivity contribution in [2.24, 2.45) is 5.92 Å². The summed E-state index contributed by atoms with van der Waals surface area (Å²) in [5.74, 6) is 0.764.